The molecule has 1 amide bonds. The van der Waals surface area contributed by atoms with E-state index in [1.165, 1.54) is 16.9 Å². The van der Waals surface area contributed by atoms with Crippen LogP contribution in [0.2, 0.25) is 0 Å². The molecule has 0 aliphatic rings. The lowest BCUT2D eigenvalue weighted by molar-refractivity contribution is 0.102. The molecule has 1 heterocycles. The molecule has 5 nitrogen and oxygen atoms in total. The Morgan fingerprint density at radius 2 is 1.86 bits per heavy atom. The average molecular weight is 397 g/mol. The maximum atomic E-state index is 12.7. The van der Waals surface area contributed by atoms with E-state index in [1.807, 2.05) is 57.2 Å². The summed E-state index contributed by atoms with van der Waals surface area (Å²) in [5, 5.41) is 3.49. The van der Waals surface area contributed by atoms with Gasteiger partial charge in [-0.3, -0.25) is 10.1 Å². The summed E-state index contributed by atoms with van der Waals surface area (Å²) < 4.78 is 10.9. The van der Waals surface area contributed by atoms with Gasteiger partial charge in [-0.2, -0.15) is 0 Å². The van der Waals surface area contributed by atoms with Gasteiger partial charge in [0, 0.05) is 11.3 Å². The molecular weight excluding hydrogens is 372 g/mol. The van der Waals surface area contributed by atoms with Gasteiger partial charge in [-0.15, -0.1) is 11.3 Å². The molecule has 0 aliphatic carbocycles. The van der Waals surface area contributed by atoms with Crippen molar-refractivity contribution in [3.63, 3.8) is 0 Å². The second kappa shape index (κ2) is 8.89. The Bertz CT molecular complexity index is 949. The highest BCUT2D eigenvalue weighted by atomic mass is 32.1. The number of para-hydroxylation sites is 1. The summed E-state index contributed by atoms with van der Waals surface area (Å²) in [7, 11) is 1.65. The van der Waals surface area contributed by atoms with Gasteiger partial charge >= 0.3 is 0 Å². The summed E-state index contributed by atoms with van der Waals surface area (Å²) in [6.45, 7) is 5.83. The van der Waals surface area contributed by atoms with Crippen molar-refractivity contribution < 1.29 is 14.3 Å². The molecule has 6 heteroatoms. The van der Waals surface area contributed by atoms with Gasteiger partial charge in [0.1, 0.15) is 11.5 Å². The molecule has 0 radical (unpaired) electrons. The van der Waals surface area contributed by atoms with Gasteiger partial charge in [-0.25, -0.2) is 4.98 Å². The van der Waals surface area contributed by atoms with Crippen LogP contribution in [0.4, 0.5) is 5.13 Å². The molecule has 3 aromatic rings. The van der Waals surface area contributed by atoms with E-state index >= 15 is 0 Å². The quantitative estimate of drug-likeness (QED) is 0.604. The van der Waals surface area contributed by atoms with E-state index in [2.05, 4.69) is 10.3 Å². The summed E-state index contributed by atoms with van der Waals surface area (Å²) in [5.74, 6) is 1.18. The summed E-state index contributed by atoms with van der Waals surface area (Å²) in [6.07, 6.45) is 0.753. The highest BCUT2D eigenvalue weighted by molar-refractivity contribution is 7.15. The molecule has 0 saturated heterocycles. The van der Waals surface area contributed by atoms with Crippen LogP contribution >= 0.6 is 11.3 Å². The van der Waals surface area contributed by atoms with Crippen LogP contribution in [0, 0.1) is 6.92 Å². The Hall–Kier alpha value is -2.86. The summed E-state index contributed by atoms with van der Waals surface area (Å²) >= 11 is 1.49. The number of aromatic nitrogens is 1. The van der Waals surface area contributed by atoms with Crippen LogP contribution in [0.1, 0.15) is 40.3 Å². The number of nitrogens with one attached hydrogen (secondary N) is 1. The number of carbonyl (C=O) groups is 1. The average Bonchev–Trinajstić information content (AvgIpc) is 3.01. The van der Waals surface area contributed by atoms with E-state index in [-0.39, 0.29) is 12.0 Å². The number of thiazole rings is 1. The largest absolute Gasteiger partial charge is 0.497 e. The third kappa shape index (κ3) is 4.89. The molecule has 0 unspecified atom stereocenters. The van der Waals surface area contributed by atoms with E-state index in [0.29, 0.717) is 16.4 Å². The molecule has 3 rings (SSSR count). The fourth-order valence-electron chi connectivity index (χ4n) is 2.75. The van der Waals surface area contributed by atoms with E-state index in [0.717, 1.165) is 22.7 Å². The molecule has 0 bridgehead atoms. The Kier molecular flexibility index (Phi) is 6.31. The lowest BCUT2D eigenvalue weighted by atomic mass is 10.1. The van der Waals surface area contributed by atoms with Gasteiger partial charge in [-0.05, 0) is 50.6 Å². The summed E-state index contributed by atoms with van der Waals surface area (Å²) in [5.41, 5.74) is 2.59. The predicted octanol–water partition coefficient (Wildman–Crippen LogP) is 5.09. The molecule has 1 N–H and O–H groups in total. The first-order chi connectivity index (χ1) is 13.5. The van der Waals surface area contributed by atoms with Gasteiger partial charge in [0.15, 0.2) is 5.13 Å². The van der Waals surface area contributed by atoms with Crippen molar-refractivity contribution in [2.24, 2.45) is 0 Å². The standard InChI is InChI=1S/C22H24N2O3S/c1-14(2)27-19-8-6-5-7-18(19)21(25)24-22-23-15(3)20(28-22)13-16-9-11-17(26-4)12-10-16/h5-12,14H,13H2,1-4H3,(H,23,24,25). The number of amides is 1. The van der Waals surface area contributed by atoms with Crippen molar-refractivity contribution in [2.45, 2.75) is 33.3 Å². The Labute approximate surface area is 169 Å². The number of nitrogens with zero attached hydrogens (tertiary/aromatic N) is 1. The molecule has 2 aromatic carbocycles. The van der Waals surface area contributed by atoms with Crippen molar-refractivity contribution in [2.75, 3.05) is 12.4 Å². The lowest BCUT2D eigenvalue weighted by Gasteiger charge is -2.13. The summed E-state index contributed by atoms with van der Waals surface area (Å²) in [4.78, 5) is 18.4. The topological polar surface area (TPSA) is 60.5 Å². The Balaban J connectivity index is 1.73. The highest BCUT2D eigenvalue weighted by Crippen LogP contribution is 2.27. The fourth-order valence-corrected chi connectivity index (χ4v) is 3.74. The van der Waals surface area contributed by atoms with Crippen molar-refractivity contribution in [1.82, 2.24) is 4.98 Å². The zero-order valence-corrected chi connectivity index (χ0v) is 17.3. The number of ether oxygens (including phenoxy) is 2. The van der Waals surface area contributed by atoms with E-state index < -0.39 is 0 Å². The number of rotatable bonds is 7. The minimum absolute atomic E-state index is 0.00726. The first-order valence-corrected chi connectivity index (χ1v) is 9.94. The van der Waals surface area contributed by atoms with Crippen molar-refractivity contribution in [1.29, 1.82) is 0 Å². The number of carbonyl (C=O) groups excluding carboxylic acids is 1. The van der Waals surface area contributed by atoms with Gasteiger partial charge in [0.05, 0.1) is 24.5 Å². The molecule has 0 atom stereocenters. The second-order valence-corrected chi connectivity index (χ2v) is 7.75. The van der Waals surface area contributed by atoms with Crippen LogP contribution in [0.3, 0.4) is 0 Å². The third-order valence-corrected chi connectivity index (χ3v) is 5.20. The molecule has 28 heavy (non-hydrogen) atoms. The number of methoxy groups -OCH3 is 1. The zero-order chi connectivity index (χ0) is 20.1. The van der Waals surface area contributed by atoms with Gasteiger partial charge in [-0.1, -0.05) is 24.3 Å². The van der Waals surface area contributed by atoms with Crippen LogP contribution in [-0.4, -0.2) is 24.1 Å². The maximum Gasteiger partial charge on any atom is 0.261 e. The normalized spacial score (nSPS) is 10.8. The van der Waals surface area contributed by atoms with Gasteiger partial charge < -0.3 is 9.47 Å². The first-order valence-electron chi connectivity index (χ1n) is 9.12. The lowest BCUT2D eigenvalue weighted by Crippen LogP contribution is -2.15. The number of hydrogen-bond donors (Lipinski definition) is 1. The molecule has 0 fully saturated rings. The predicted molar refractivity (Wildman–Crippen MR) is 113 cm³/mol. The van der Waals surface area contributed by atoms with E-state index in [1.54, 1.807) is 19.2 Å². The second-order valence-electron chi connectivity index (χ2n) is 6.67. The minimum Gasteiger partial charge on any atom is -0.497 e. The summed E-state index contributed by atoms with van der Waals surface area (Å²) in [6, 6.07) is 15.2. The number of benzene rings is 2. The van der Waals surface area contributed by atoms with E-state index in [9.17, 15) is 4.79 Å². The van der Waals surface area contributed by atoms with Crippen molar-refractivity contribution in [3.05, 3.63) is 70.2 Å². The molecule has 1 aromatic heterocycles. The fraction of sp³-hybridized carbons (Fsp3) is 0.273. The molecule has 146 valence electrons. The van der Waals surface area contributed by atoms with Crippen molar-refractivity contribution >= 4 is 22.4 Å². The highest BCUT2D eigenvalue weighted by Gasteiger charge is 2.16. The zero-order valence-electron chi connectivity index (χ0n) is 16.5. The monoisotopic (exact) mass is 396 g/mol. The van der Waals surface area contributed by atoms with Gasteiger partial charge in [0.2, 0.25) is 0 Å². The number of hydrogen-bond acceptors (Lipinski definition) is 5. The minimum atomic E-state index is -0.221. The molecule has 0 spiro atoms. The van der Waals surface area contributed by atoms with Crippen LogP contribution in [0.5, 0.6) is 11.5 Å². The van der Waals surface area contributed by atoms with E-state index in [4.69, 9.17) is 9.47 Å². The SMILES string of the molecule is COc1ccc(Cc2sc(NC(=O)c3ccccc3OC(C)C)nc2C)cc1. The Morgan fingerprint density at radius 1 is 1.14 bits per heavy atom. The Morgan fingerprint density at radius 3 is 2.54 bits per heavy atom. The molecule has 0 aliphatic heterocycles. The molecular formula is C22H24N2O3S. The van der Waals surface area contributed by atoms with Crippen LogP contribution in [-0.2, 0) is 6.42 Å². The van der Waals surface area contributed by atoms with Crippen molar-refractivity contribution in [3.8, 4) is 11.5 Å². The third-order valence-electron chi connectivity index (χ3n) is 4.13. The maximum absolute atomic E-state index is 12.7. The smallest absolute Gasteiger partial charge is 0.261 e. The van der Waals surface area contributed by atoms with Crippen LogP contribution in [0.15, 0.2) is 48.5 Å². The van der Waals surface area contributed by atoms with Crippen LogP contribution < -0.4 is 14.8 Å². The van der Waals surface area contributed by atoms with Crippen LogP contribution in [0.25, 0.3) is 0 Å². The number of anilines is 1. The van der Waals surface area contributed by atoms with Gasteiger partial charge in [0.25, 0.3) is 5.91 Å². The number of aryl methyl sites for hydroxylation is 1. The first kappa shape index (κ1) is 19.9. The molecule has 0 saturated carbocycles.